The van der Waals surface area contributed by atoms with E-state index in [0.29, 0.717) is 0 Å². The number of rotatable bonds is 7. The third-order valence-corrected chi connectivity index (χ3v) is 2.92. The Kier molecular flexibility index (Phi) is 5.98. The molecule has 0 unspecified atom stereocenters. The summed E-state index contributed by atoms with van der Waals surface area (Å²) in [5.74, 6) is 0. The standard InChI is InChI=1S/C14H25N3/c1-5-7-8-17(4)14-9-12(3)16-11-13(14)10-15-6-2/h9,11,15H,5-8,10H2,1-4H3. The first-order chi connectivity index (χ1) is 8.19. The number of pyridine rings is 1. The van der Waals surface area contributed by atoms with Gasteiger partial charge in [-0.3, -0.25) is 4.98 Å². The van der Waals surface area contributed by atoms with E-state index in [1.54, 1.807) is 0 Å². The van der Waals surface area contributed by atoms with E-state index in [-0.39, 0.29) is 0 Å². The maximum Gasteiger partial charge on any atom is 0.0442 e. The molecule has 1 aromatic rings. The first-order valence-corrected chi connectivity index (χ1v) is 6.56. The summed E-state index contributed by atoms with van der Waals surface area (Å²) in [4.78, 5) is 6.73. The van der Waals surface area contributed by atoms with E-state index in [2.05, 4.69) is 42.2 Å². The van der Waals surface area contributed by atoms with Crippen molar-refractivity contribution in [2.24, 2.45) is 0 Å². The van der Waals surface area contributed by atoms with E-state index in [1.165, 1.54) is 24.1 Å². The minimum absolute atomic E-state index is 0.898. The summed E-state index contributed by atoms with van der Waals surface area (Å²) >= 11 is 0. The molecule has 0 saturated carbocycles. The second-order valence-electron chi connectivity index (χ2n) is 4.51. The molecule has 1 N–H and O–H groups in total. The van der Waals surface area contributed by atoms with Crippen LogP contribution in [-0.4, -0.2) is 25.1 Å². The molecule has 96 valence electrons. The summed E-state index contributed by atoms with van der Waals surface area (Å²) in [5, 5.41) is 3.37. The zero-order valence-electron chi connectivity index (χ0n) is 11.6. The Labute approximate surface area is 105 Å². The molecule has 1 heterocycles. The SMILES string of the molecule is CCCCN(C)c1cc(C)ncc1CNCC. The van der Waals surface area contributed by atoms with Crippen LogP contribution in [-0.2, 0) is 6.54 Å². The summed E-state index contributed by atoms with van der Waals surface area (Å²) in [6.07, 6.45) is 4.46. The van der Waals surface area contributed by atoms with Gasteiger partial charge in [0.25, 0.3) is 0 Å². The number of aromatic nitrogens is 1. The Morgan fingerprint density at radius 3 is 2.76 bits per heavy atom. The Morgan fingerprint density at radius 1 is 1.35 bits per heavy atom. The Balaban J connectivity index is 2.81. The Bertz CT molecular complexity index is 336. The highest BCUT2D eigenvalue weighted by molar-refractivity contribution is 5.53. The number of nitrogens with one attached hydrogen (secondary N) is 1. The largest absolute Gasteiger partial charge is 0.374 e. The van der Waals surface area contributed by atoms with E-state index in [9.17, 15) is 0 Å². The Morgan fingerprint density at radius 2 is 2.12 bits per heavy atom. The van der Waals surface area contributed by atoms with E-state index in [1.807, 2.05) is 13.1 Å². The van der Waals surface area contributed by atoms with Gasteiger partial charge >= 0.3 is 0 Å². The molecule has 3 heteroatoms. The second kappa shape index (κ2) is 7.28. The van der Waals surface area contributed by atoms with Crippen LogP contribution in [0.15, 0.2) is 12.3 Å². The monoisotopic (exact) mass is 235 g/mol. The molecule has 0 aliphatic carbocycles. The molecule has 0 aliphatic heterocycles. The molecule has 17 heavy (non-hydrogen) atoms. The maximum absolute atomic E-state index is 4.39. The summed E-state index contributed by atoms with van der Waals surface area (Å²) in [6, 6.07) is 2.18. The van der Waals surface area contributed by atoms with Crippen molar-refractivity contribution in [1.29, 1.82) is 0 Å². The van der Waals surface area contributed by atoms with Crippen molar-refractivity contribution in [3.8, 4) is 0 Å². The molecule has 0 radical (unpaired) electrons. The van der Waals surface area contributed by atoms with Gasteiger partial charge < -0.3 is 10.2 Å². The molecule has 0 spiro atoms. The molecule has 0 aliphatic rings. The number of anilines is 1. The topological polar surface area (TPSA) is 28.2 Å². The van der Waals surface area contributed by atoms with Crippen molar-refractivity contribution in [2.75, 3.05) is 25.0 Å². The third kappa shape index (κ3) is 4.35. The molecule has 0 bridgehead atoms. The highest BCUT2D eigenvalue weighted by atomic mass is 15.1. The van der Waals surface area contributed by atoms with E-state index in [0.717, 1.165) is 25.3 Å². The lowest BCUT2D eigenvalue weighted by atomic mass is 10.1. The van der Waals surface area contributed by atoms with Crippen LogP contribution in [0.5, 0.6) is 0 Å². The van der Waals surface area contributed by atoms with Crippen LogP contribution in [0.3, 0.4) is 0 Å². The summed E-state index contributed by atoms with van der Waals surface area (Å²) in [6.45, 7) is 9.40. The lowest BCUT2D eigenvalue weighted by Crippen LogP contribution is -2.22. The van der Waals surface area contributed by atoms with Crippen molar-refractivity contribution in [2.45, 2.75) is 40.2 Å². The minimum atomic E-state index is 0.898. The van der Waals surface area contributed by atoms with Crippen molar-refractivity contribution in [3.63, 3.8) is 0 Å². The number of hydrogen-bond acceptors (Lipinski definition) is 3. The van der Waals surface area contributed by atoms with Crippen molar-refractivity contribution in [3.05, 3.63) is 23.5 Å². The number of aryl methyl sites for hydroxylation is 1. The van der Waals surface area contributed by atoms with Crippen LogP contribution in [0, 0.1) is 6.92 Å². The Hall–Kier alpha value is -1.09. The molecule has 3 nitrogen and oxygen atoms in total. The van der Waals surface area contributed by atoms with Gasteiger partial charge in [0.2, 0.25) is 0 Å². The van der Waals surface area contributed by atoms with Crippen molar-refractivity contribution >= 4 is 5.69 Å². The van der Waals surface area contributed by atoms with Gasteiger partial charge in [-0.1, -0.05) is 20.3 Å². The fourth-order valence-electron chi connectivity index (χ4n) is 1.84. The zero-order valence-corrected chi connectivity index (χ0v) is 11.6. The molecule has 1 rings (SSSR count). The third-order valence-electron chi connectivity index (χ3n) is 2.92. The molecule has 0 amide bonds. The highest BCUT2D eigenvalue weighted by Gasteiger charge is 2.07. The van der Waals surface area contributed by atoms with E-state index >= 15 is 0 Å². The molecular formula is C14H25N3. The average Bonchev–Trinajstić information content (AvgIpc) is 2.34. The van der Waals surface area contributed by atoms with Gasteiger partial charge in [0.1, 0.15) is 0 Å². The molecule has 1 aromatic heterocycles. The van der Waals surface area contributed by atoms with Gasteiger partial charge in [0.05, 0.1) is 0 Å². The zero-order chi connectivity index (χ0) is 12.7. The molecule has 0 aromatic carbocycles. The van der Waals surface area contributed by atoms with Crippen LogP contribution in [0.4, 0.5) is 5.69 Å². The molecule has 0 fully saturated rings. The van der Waals surface area contributed by atoms with Crippen LogP contribution in [0.1, 0.15) is 37.9 Å². The lowest BCUT2D eigenvalue weighted by Gasteiger charge is -2.22. The molecule has 0 saturated heterocycles. The van der Waals surface area contributed by atoms with Crippen molar-refractivity contribution < 1.29 is 0 Å². The van der Waals surface area contributed by atoms with Gasteiger partial charge in [-0.05, 0) is 26.0 Å². The van der Waals surface area contributed by atoms with Gasteiger partial charge in [-0.2, -0.15) is 0 Å². The van der Waals surface area contributed by atoms with Gasteiger partial charge in [-0.25, -0.2) is 0 Å². The predicted molar refractivity (Wildman–Crippen MR) is 74.5 cm³/mol. The van der Waals surface area contributed by atoms with E-state index in [4.69, 9.17) is 0 Å². The number of hydrogen-bond donors (Lipinski definition) is 1. The maximum atomic E-state index is 4.39. The van der Waals surface area contributed by atoms with Crippen LogP contribution in [0.2, 0.25) is 0 Å². The van der Waals surface area contributed by atoms with Gasteiger partial charge in [-0.15, -0.1) is 0 Å². The van der Waals surface area contributed by atoms with Crippen LogP contribution >= 0.6 is 0 Å². The fraction of sp³-hybridized carbons (Fsp3) is 0.643. The predicted octanol–water partition coefficient (Wildman–Crippen LogP) is 2.74. The first-order valence-electron chi connectivity index (χ1n) is 6.56. The normalized spacial score (nSPS) is 10.6. The van der Waals surface area contributed by atoms with Crippen LogP contribution < -0.4 is 10.2 Å². The summed E-state index contributed by atoms with van der Waals surface area (Å²) < 4.78 is 0. The van der Waals surface area contributed by atoms with Crippen molar-refractivity contribution in [1.82, 2.24) is 10.3 Å². The fourth-order valence-corrected chi connectivity index (χ4v) is 1.84. The highest BCUT2D eigenvalue weighted by Crippen LogP contribution is 2.20. The number of nitrogens with zero attached hydrogens (tertiary/aromatic N) is 2. The van der Waals surface area contributed by atoms with Crippen LogP contribution in [0.25, 0.3) is 0 Å². The first kappa shape index (κ1) is 14.0. The van der Waals surface area contributed by atoms with E-state index < -0.39 is 0 Å². The number of unbranched alkanes of at least 4 members (excludes halogenated alkanes) is 1. The molecule has 0 atom stereocenters. The molecular weight excluding hydrogens is 210 g/mol. The minimum Gasteiger partial charge on any atom is -0.374 e. The summed E-state index contributed by atoms with van der Waals surface area (Å²) in [7, 11) is 2.17. The van der Waals surface area contributed by atoms with Gasteiger partial charge in [0.15, 0.2) is 0 Å². The smallest absolute Gasteiger partial charge is 0.0442 e. The van der Waals surface area contributed by atoms with Gasteiger partial charge in [0, 0.05) is 43.3 Å². The summed E-state index contributed by atoms with van der Waals surface area (Å²) in [5.41, 5.74) is 3.69. The lowest BCUT2D eigenvalue weighted by molar-refractivity contribution is 0.713. The quantitative estimate of drug-likeness (QED) is 0.787. The second-order valence-corrected chi connectivity index (χ2v) is 4.51. The average molecular weight is 235 g/mol.